The van der Waals surface area contributed by atoms with Gasteiger partial charge < -0.3 is 10.1 Å². The summed E-state index contributed by atoms with van der Waals surface area (Å²) < 4.78 is 8.43. The molecule has 1 N–H and O–H groups in total. The largest absolute Gasteiger partial charge is 0.481 e. The molecule has 0 radical (unpaired) electrons. The average molecular weight is 414 g/mol. The first-order valence-corrected chi connectivity index (χ1v) is 9.20. The van der Waals surface area contributed by atoms with Gasteiger partial charge in [-0.1, -0.05) is 28.1 Å². The molecular weight excluding hydrogens is 394 g/mol. The van der Waals surface area contributed by atoms with Gasteiger partial charge in [-0.3, -0.25) is 4.79 Å². The molecule has 26 heavy (non-hydrogen) atoms. The molecule has 0 aliphatic rings. The highest BCUT2D eigenvalue weighted by Gasteiger charge is 2.13. The van der Waals surface area contributed by atoms with Gasteiger partial charge in [-0.05, 0) is 61.4 Å². The van der Waals surface area contributed by atoms with Gasteiger partial charge in [0.1, 0.15) is 5.75 Å². The van der Waals surface area contributed by atoms with Crippen LogP contribution in [-0.2, 0) is 11.2 Å². The van der Waals surface area contributed by atoms with Crippen molar-refractivity contribution in [3.63, 3.8) is 0 Å². The zero-order valence-electron chi connectivity index (χ0n) is 14.4. The van der Waals surface area contributed by atoms with Crippen molar-refractivity contribution >= 4 is 21.8 Å². The zero-order valence-corrected chi connectivity index (χ0v) is 16.0. The lowest BCUT2D eigenvalue weighted by Crippen LogP contribution is -2.37. The molecule has 3 aromatic rings. The van der Waals surface area contributed by atoms with Crippen molar-refractivity contribution < 1.29 is 9.53 Å². The maximum Gasteiger partial charge on any atom is 0.260 e. The summed E-state index contributed by atoms with van der Waals surface area (Å²) in [6.07, 6.45) is 3.87. The number of benzene rings is 2. The highest BCUT2D eigenvalue weighted by molar-refractivity contribution is 9.10. The minimum Gasteiger partial charge on any atom is -0.481 e. The Morgan fingerprint density at radius 3 is 2.58 bits per heavy atom. The van der Waals surface area contributed by atoms with E-state index in [1.165, 1.54) is 0 Å². The number of amides is 1. The lowest BCUT2D eigenvalue weighted by Gasteiger charge is -2.15. The van der Waals surface area contributed by atoms with E-state index in [-0.39, 0.29) is 5.91 Å². The Bertz CT molecular complexity index is 831. The molecule has 0 saturated heterocycles. The van der Waals surface area contributed by atoms with Crippen molar-refractivity contribution in [2.75, 3.05) is 6.54 Å². The Kier molecular flexibility index (Phi) is 6.07. The van der Waals surface area contributed by atoms with Crippen LogP contribution in [0.2, 0.25) is 0 Å². The van der Waals surface area contributed by atoms with Crippen LogP contribution in [0.4, 0.5) is 0 Å². The monoisotopic (exact) mass is 413 g/mol. The quantitative estimate of drug-likeness (QED) is 0.641. The summed E-state index contributed by atoms with van der Waals surface area (Å²) in [6.45, 7) is 2.31. The van der Waals surface area contributed by atoms with Crippen LogP contribution in [0.25, 0.3) is 5.69 Å². The molecule has 0 aliphatic heterocycles. The first-order valence-electron chi connectivity index (χ1n) is 8.41. The molecule has 5 nitrogen and oxygen atoms in total. The predicted molar refractivity (Wildman–Crippen MR) is 105 cm³/mol. The fourth-order valence-electron chi connectivity index (χ4n) is 2.48. The van der Waals surface area contributed by atoms with E-state index in [4.69, 9.17) is 4.74 Å². The molecule has 0 spiro atoms. The van der Waals surface area contributed by atoms with Crippen LogP contribution in [0.5, 0.6) is 5.75 Å². The van der Waals surface area contributed by atoms with Crippen LogP contribution in [0, 0.1) is 0 Å². The molecule has 1 heterocycles. The standard InChI is InChI=1S/C20H20BrN3O2/c1-15(26-19-9-5-17(21)6-10-19)20(25)22-13-11-16-3-7-18(8-4-16)24-14-2-12-23-24/h2-10,12,14-15H,11,13H2,1H3,(H,22,25). The normalized spacial score (nSPS) is 11.8. The zero-order chi connectivity index (χ0) is 18.4. The Hall–Kier alpha value is -2.60. The molecule has 1 atom stereocenters. The number of aromatic nitrogens is 2. The van der Waals surface area contributed by atoms with Gasteiger partial charge in [-0.2, -0.15) is 5.10 Å². The van der Waals surface area contributed by atoms with Gasteiger partial charge in [0.15, 0.2) is 6.10 Å². The minimum absolute atomic E-state index is 0.124. The number of rotatable bonds is 7. The second-order valence-electron chi connectivity index (χ2n) is 5.87. The van der Waals surface area contributed by atoms with Gasteiger partial charge in [0.25, 0.3) is 5.91 Å². The highest BCUT2D eigenvalue weighted by atomic mass is 79.9. The third-order valence-electron chi connectivity index (χ3n) is 3.91. The van der Waals surface area contributed by atoms with E-state index < -0.39 is 6.10 Å². The highest BCUT2D eigenvalue weighted by Crippen LogP contribution is 2.17. The van der Waals surface area contributed by atoms with Gasteiger partial charge in [-0.15, -0.1) is 0 Å². The minimum atomic E-state index is -0.543. The van der Waals surface area contributed by atoms with Crippen molar-refractivity contribution in [1.29, 1.82) is 0 Å². The van der Waals surface area contributed by atoms with Gasteiger partial charge in [0, 0.05) is 23.4 Å². The molecule has 3 rings (SSSR count). The van der Waals surface area contributed by atoms with E-state index in [9.17, 15) is 4.79 Å². The molecule has 0 fully saturated rings. The lowest BCUT2D eigenvalue weighted by molar-refractivity contribution is -0.127. The smallest absolute Gasteiger partial charge is 0.260 e. The summed E-state index contributed by atoms with van der Waals surface area (Å²) >= 11 is 3.37. The number of nitrogens with one attached hydrogen (secondary N) is 1. The Labute approximate surface area is 161 Å². The summed E-state index contributed by atoms with van der Waals surface area (Å²) in [6, 6.07) is 17.4. The fraction of sp³-hybridized carbons (Fsp3) is 0.200. The Balaban J connectivity index is 1.45. The molecule has 1 aromatic heterocycles. The van der Waals surface area contributed by atoms with E-state index >= 15 is 0 Å². The maximum absolute atomic E-state index is 12.2. The van der Waals surface area contributed by atoms with Crippen LogP contribution in [0.3, 0.4) is 0 Å². The number of carbonyl (C=O) groups is 1. The van der Waals surface area contributed by atoms with E-state index in [0.29, 0.717) is 12.3 Å². The molecule has 0 saturated carbocycles. The SMILES string of the molecule is CC(Oc1ccc(Br)cc1)C(=O)NCCc1ccc(-n2cccn2)cc1. The summed E-state index contributed by atoms with van der Waals surface area (Å²) in [4.78, 5) is 12.2. The number of hydrogen-bond acceptors (Lipinski definition) is 3. The van der Waals surface area contributed by atoms with E-state index in [1.54, 1.807) is 13.1 Å². The number of nitrogens with zero attached hydrogens (tertiary/aromatic N) is 2. The third kappa shape index (κ3) is 4.95. The predicted octanol–water partition coefficient (Wildman–Crippen LogP) is 3.76. The van der Waals surface area contributed by atoms with E-state index in [1.807, 2.05) is 65.5 Å². The lowest BCUT2D eigenvalue weighted by atomic mass is 10.1. The molecule has 134 valence electrons. The number of halogens is 1. The van der Waals surface area contributed by atoms with Crippen molar-refractivity contribution in [3.05, 3.63) is 77.0 Å². The first-order chi connectivity index (χ1) is 12.6. The van der Waals surface area contributed by atoms with Crippen LogP contribution in [-0.4, -0.2) is 28.3 Å². The number of hydrogen-bond donors (Lipinski definition) is 1. The van der Waals surface area contributed by atoms with Gasteiger partial charge in [-0.25, -0.2) is 4.68 Å². The molecule has 0 bridgehead atoms. The average Bonchev–Trinajstić information content (AvgIpc) is 3.19. The second-order valence-corrected chi connectivity index (χ2v) is 6.79. The van der Waals surface area contributed by atoms with Gasteiger partial charge in [0.2, 0.25) is 0 Å². The van der Waals surface area contributed by atoms with Gasteiger partial charge in [0.05, 0.1) is 5.69 Å². The van der Waals surface area contributed by atoms with Crippen LogP contribution in [0.1, 0.15) is 12.5 Å². The fourth-order valence-corrected chi connectivity index (χ4v) is 2.75. The summed E-state index contributed by atoms with van der Waals surface area (Å²) in [5, 5.41) is 7.12. The van der Waals surface area contributed by atoms with Crippen molar-refractivity contribution in [1.82, 2.24) is 15.1 Å². The number of carbonyl (C=O) groups excluding carboxylic acids is 1. The summed E-state index contributed by atoms with van der Waals surface area (Å²) in [7, 11) is 0. The molecule has 6 heteroatoms. The first kappa shape index (κ1) is 18.2. The molecule has 1 amide bonds. The molecule has 1 unspecified atom stereocenters. The van der Waals surface area contributed by atoms with E-state index in [2.05, 4.69) is 26.3 Å². The number of ether oxygens (including phenoxy) is 1. The summed E-state index contributed by atoms with van der Waals surface area (Å²) in [5.41, 5.74) is 2.17. The van der Waals surface area contributed by atoms with Crippen molar-refractivity contribution in [2.24, 2.45) is 0 Å². The third-order valence-corrected chi connectivity index (χ3v) is 4.44. The van der Waals surface area contributed by atoms with Gasteiger partial charge >= 0.3 is 0 Å². The topological polar surface area (TPSA) is 56.1 Å². The second kappa shape index (κ2) is 8.67. The molecular formula is C20H20BrN3O2. The molecule has 2 aromatic carbocycles. The van der Waals surface area contributed by atoms with Crippen LogP contribution >= 0.6 is 15.9 Å². The Morgan fingerprint density at radius 2 is 1.92 bits per heavy atom. The summed E-state index contributed by atoms with van der Waals surface area (Å²) in [5.74, 6) is 0.547. The molecule has 0 aliphatic carbocycles. The van der Waals surface area contributed by atoms with Crippen molar-refractivity contribution in [2.45, 2.75) is 19.4 Å². The van der Waals surface area contributed by atoms with Crippen LogP contribution < -0.4 is 10.1 Å². The van der Waals surface area contributed by atoms with E-state index in [0.717, 1.165) is 22.1 Å². The maximum atomic E-state index is 12.2. The Morgan fingerprint density at radius 1 is 1.19 bits per heavy atom. The van der Waals surface area contributed by atoms with Crippen molar-refractivity contribution in [3.8, 4) is 11.4 Å². The van der Waals surface area contributed by atoms with Crippen LogP contribution in [0.15, 0.2) is 71.5 Å².